The molecule has 0 saturated carbocycles. The summed E-state index contributed by atoms with van der Waals surface area (Å²) in [5.74, 6) is 0.229. The zero-order valence-corrected chi connectivity index (χ0v) is 11.1. The average molecular weight is 261 g/mol. The van der Waals surface area contributed by atoms with Crippen molar-refractivity contribution in [2.45, 2.75) is 12.8 Å². The van der Waals surface area contributed by atoms with Crippen LogP contribution in [0.1, 0.15) is 11.1 Å². The maximum Gasteiger partial charge on any atom is 0.141 e. The molecule has 0 aliphatic rings. The summed E-state index contributed by atoms with van der Waals surface area (Å²) in [4.78, 5) is 16.5. The Kier molecular flexibility index (Phi) is 3.55. The number of para-hydroxylation sites is 1. The largest absolute Gasteiger partial charge is 0.299 e. The summed E-state index contributed by atoms with van der Waals surface area (Å²) >= 11 is 0. The third kappa shape index (κ3) is 2.75. The van der Waals surface area contributed by atoms with Gasteiger partial charge in [-0.05, 0) is 23.3 Å². The number of rotatable bonds is 4. The first kappa shape index (κ1) is 12.5. The summed E-state index contributed by atoms with van der Waals surface area (Å²) in [6.07, 6.45) is 2.71. The van der Waals surface area contributed by atoms with Gasteiger partial charge in [0.15, 0.2) is 0 Å². The zero-order valence-electron chi connectivity index (χ0n) is 11.1. The van der Waals surface area contributed by atoms with E-state index in [1.165, 1.54) is 0 Å². The van der Waals surface area contributed by atoms with E-state index in [4.69, 9.17) is 0 Å². The molecule has 0 spiro atoms. The van der Waals surface area contributed by atoms with E-state index in [0.717, 1.165) is 22.0 Å². The normalized spacial score (nSPS) is 10.6. The standard InChI is InChI=1S/C18H15NO/c20-16(12-14-6-2-1-3-7-14)13-15-10-11-19-18-9-5-4-8-17(15)18/h1-11H,12-13H2. The third-order valence-electron chi connectivity index (χ3n) is 3.37. The molecule has 0 amide bonds. The van der Waals surface area contributed by atoms with E-state index in [0.29, 0.717) is 12.8 Å². The van der Waals surface area contributed by atoms with Crippen LogP contribution in [0, 0.1) is 0 Å². The summed E-state index contributed by atoms with van der Waals surface area (Å²) in [6, 6.07) is 19.7. The van der Waals surface area contributed by atoms with Gasteiger partial charge in [0, 0.05) is 24.4 Å². The van der Waals surface area contributed by atoms with Crippen LogP contribution in [0.3, 0.4) is 0 Å². The van der Waals surface area contributed by atoms with Crippen molar-refractivity contribution >= 4 is 16.7 Å². The Morgan fingerprint density at radius 3 is 2.45 bits per heavy atom. The fraction of sp³-hybridized carbons (Fsp3) is 0.111. The van der Waals surface area contributed by atoms with Crippen LogP contribution in [0.5, 0.6) is 0 Å². The highest BCUT2D eigenvalue weighted by Crippen LogP contribution is 2.17. The van der Waals surface area contributed by atoms with Crippen molar-refractivity contribution in [3.63, 3.8) is 0 Å². The van der Waals surface area contributed by atoms with E-state index in [2.05, 4.69) is 4.98 Å². The lowest BCUT2D eigenvalue weighted by Crippen LogP contribution is -2.07. The third-order valence-corrected chi connectivity index (χ3v) is 3.37. The molecule has 2 aromatic carbocycles. The van der Waals surface area contributed by atoms with Gasteiger partial charge in [-0.3, -0.25) is 9.78 Å². The number of hydrogen-bond donors (Lipinski definition) is 0. The molecule has 0 N–H and O–H groups in total. The molecule has 3 rings (SSSR count). The van der Waals surface area contributed by atoms with E-state index in [9.17, 15) is 4.79 Å². The van der Waals surface area contributed by atoms with Gasteiger partial charge in [0.25, 0.3) is 0 Å². The number of benzene rings is 2. The molecule has 2 nitrogen and oxygen atoms in total. The van der Waals surface area contributed by atoms with E-state index < -0.39 is 0 Å². The minimum absolute atomic E-state index is 0.229. The van der Waals surface area contributed by atoms with E-state index in [-0.39, 0.29) is 5.78 Å². The van der Waals surface area contributed by atoms with Gasteiger partial charge >= 0.3 is 0 Å². The molecule has 1 aromatic heterocycles. The molecule has 0 fully saturated rings. The molecule has 1 heterocycles. The van der Waals surface area contributed by atoms with Crippen LogP contribution in [0.15, 0.2) is 66.9 Å². The van der Waals surface area contributed by atoms with Gasteiger partial charge in [-0.1, -0.05) is 48.5 Å². The number of nitrogens with zero attached hydrogens (tertiary/aromatic N) is 1. The lowest BCUT2D eigenvalue weighted by Gasteiger charge is -2.05. The van der Waals surface area contributed by atoms with Crippen LogP contribution in [0.2, 0.25) is 0 Å². The Labute approximate surface area is 118 Å². The van der Waals surface area contributed by atoms with Gasteiger partial charge in [-0.15, -0.1) is 0 Å². The molecule has 0 unspecified atom stereocenters. The molecular formula is C18H15NO. The molecule has 20 heavy (non-hydrogen) atoms. The average Bonchev–Trinajstić information content (AvgIpc) is 2.48. The van der Waals surface area contributed by atoms with Crippen molar-refractivity contribution in [2.24, 2.45) is 0 Å². The van der Waals surface area contributed by atoms with Crippen LogP contribution in [-0.4, -0.2) is 10.8 Å². The predicted octanol–water partition coefficient (Wildman–Crippen LogP) is 3.59. The highest BCUT2D eigenvalue weighted by atomic mass is 16.1. The number of Topliss-reactive ketones (excluding diaryl/α,β-unsaturated/α-hetero) is 1. The molecule has 2 heteroatoms. The van der Waals surface area contributed by atoms with E-state index in [1.54, 1.807) is 6.20 Å². The van der Waals surface area contributed by atoms with Gasteiger partial charge in [0.1, 0.15) is 5.78 Å². The number of pyridine rings is 1. The smallest absolute Gasteiger partial charge is 0.141 e. The SMILES string of the molecule is O=C(Cc1ccccc1)Cc1ccnc2ccccc12. The predicted molar refractivity (Wildman–Crippen MR) is 80.6 cm³/mol. The number of aromatic nitrogens is 1. The monoisotopic (exact) mass is 261 g/mol. The van der Waals surface area contributed by atoms with Crippen molar-refractivity contribution in [1.82, 2.24) is 4.98 Å². The van der Waals surface area contributed by atoms with Crippen LogP contribution >= 0.6 is 0 Å². The van der Waals surface area contributed by atoms with Crippen LogP contribution < -0.4 is 0 Å². The number of ketones is 1. The van der Waals surface area contributed by atoms with Crippen LogP contribution in [0.4, 0.5) is 0 Å². The summed E-state index contributed by atoms with van der Waals surface area (Å²) in [6.45, 7) is 0. The highest BCUT2D eigenvalue weighted by Gasteiger charge is 2.08. The van der Waals surface area contributed by atoms with Crippen molar-refractivity contribution in [1.29, 1.82) is 0 Å². The van der Waals surface area contributed by atoms with Crippen molar-refractivity contribution in [2.75, 3.05) is 0 Å². The molecule has 0 saturated heterocycles. The Bertz CT molecular complexity index is 729. The number of carbonyl (C=O) groups is 1. The van der Waals surface area contributed by atoms with Crippen LogP contribution in [-0.2, 0) is 17.6 Å². The summed E-state index contributed by atoms with van der Waals surface area (Å²) in [7, 11) is 0. The fourth-order valence-electron chi connectivity index (χ4n) is 2.41. The molecule has 0 aliphatic carbocycles. The lowest BCUT2D eigenvalue weighted by molar-refractivity contribution is -0.117. The summed E-state index contributed by atoms with van der Waals surface area (Å²) < 4.78 is 0. The van der Waals surface area contributed by atoms with Crippen molar-refractivity contribution in [3.05, 3.63) is 78.0 Å². The van der Waals surface area contributed by atoms with E-state index in [1.807, 2.05) is 60.7 Å². The maximum atomic E-state index is 12.2. The quantitative estimate of drug-likeness (QED) is 0.718. The molecule has 3 aromatic rings. The zero-order chi connectivity index (χ0) is 13.8. The van der Waals surface area contributed by atoms with Gasteiger partial charge in [0.2, 0.25) is 0 Å². The number of hydrogen-bond acceptors (Lipinski definition) is 2. The van der Waals surface area contributed by atoms with Gasteiger partial charge in [-0.2, -0.15) is 0 Å². The second-order valence-electron chi connectivity index (χ2n) is 4.87. The molecule has 98 valence electrons. The number of fused-ring (bicyclic) bond motifs is 1. The topological polar surface area (TPSA) is 30.0 Å². The van der Waals surface area contributed by atoms with Gasteiger partial charge < -0.3 is 0 Å². The Morgan fingerprint density at radius 1 is 0.850 bits per heavy atom. The van der Waals surface area contributed by atoms with Crippen molar-refractivity contribution in [3.8, 4) is 0 Å². The Hall–Kier alpha value is -2.48. The molecular weight excluding hydrogens is 246 g/mol. The molecule has 0 radical (unpaired) electrons. The maximum absolute atomic E-state index is 12.2. The molecule has 0 bridgehead atoms. The minimum atomic E-state index is 0.229. The fourth-order valence-corrected chi connectivity index (χ4v) is 2.41. The lowest BCUT2D eigenvalue weighted by atomic mass is 10.0. The Balaban J connectivity index is 1.81. The van der Waals surface area contributed by atoms with Gasteiger partial charge in [0.05, 0.1) is 5.52 Å². The minimum Gasteiger partial charge on any atom is -0.299 e. The first-order valence-electron chi connectivity index (χ1n) is 6.71. The number of carbonyl (C=O) groups excluding carboxylic acids is 1. The van der Waals surface area contributed by atoms with Crippen molar-refractivity contribution < 1.29 is 4.79 Å². The molecule has 0 atom stereocenters. The second-order valence-corrected chi connectivity index (χ2v) is 4.87. The van der Waals surface area contributed by atoms with Gasteiger partial charge in [-0.25, -0.2) is 0 Å². The first-order chi connectivity index (χ1) is 9.83. The summed E-state index contributed by atoms with van der Waals surface area (Å²) in [5.41, 5.74) is 3.06. The molecule has 0 aliphatic heterocycles. The Morgan fingerprint density at radius 2 is 1.60 bits per heavy atom. The van der Waals surface area contributed by atoms with Crippen LogP contribution in [0.25, 0.3) is 10.9 Å². The highest BCUT2D eigenvalue weighted by molar-refractivity contribution is 5.89. The first-order valence-corrected chi connectivity index (χ1v) is 6.71. The van der Waals surface area contributed by atoms with E-state index >= 15 is 0 Å². The second kappa shape index (κ2) is 5.66. The summed E-state index contributed by atoms with van der Waals surface area (Å²) in [5, 5.41) is 1.07.